The molecule has 1 aromatic heterocycles. The van der Waals surface area contributed by atoms with E-state index in [0.717, 1.165) is 18.5 Å². The first kappa shape index (κ1) is 21.8. The monoisotopic (exact) mass is 475 g/mol. The minimum Gasteiger partial charge on any atom is -0.330 e. The topological polar surface area (TPSA) is 104 Å². The van der Waals surface area contributed by atoms with Crippen LogP contribution >= 0.6 is 23.1 Å². The van der Waals surface area contributed by atoms with Crippen molar-refractivity contribution in [3.05, 3.63) is 54.6 Å². The third-order valence-electron chi connectivity index (χ3n) is 4.58. The van der Waals surface area contributed by atoms with Gasteiger partial charge in [0, 0.05) is 24.5 Å². The highest BCUT2D eigenvalue weighted by molar-refractivity contribution is 8.01. The van der Waals surface area contributed by atoms with E-state index in [1.165, 1.54) is 33.5 Å². The summed E-state index contributed by atoms with van der Waals surface area (Å²) >= 11 is 2.64. The first-order valence-electron chi connectivity index (χ1n) is 9.69. The number of benzene rings is 2. The molecule has 31 heavy (non-hydrogen) atoms. The number of amides is 1. The average Bonchev–Trinajstić information content (AvgIpc) is 3.46. The van der Waals surface area contributed by atoms with Crippen LogP contribution in [-0.2, 0) is 14.8 Å². The van der Waals surface area contributed by atoms with E-state index < -0.39 is 10.0 Å². The number of carbonyl (C=O) groups excluding carboxylic acids is 1. The lowest BCUT2D eigenvalue weighted by atomic mass is 10.3. The molecule has 1 aliphatic rings. The number of hydrogen-bond acceptors (Lipinski definition) is 8. The first-order chi connectivity index (χ1) is 15.0. The third kappa shape index (κ3) is 5.62. The van der Waals surface area contributed by atoms with Crippen LogP contribution < -0.4 is 10.6 Å². The summed E-state index contributed by atoms with van der Waals surface area (Å²) in [4.78, 5) is 12.5. The van der Waals surface area contributed by atoms with Crippen molar-refractivity contribution in [3.63, 3.8) is 0 Å². The molecular formula is C20H21N5O3S3. The van der Waals surface area contributed by atoms with Gasteiger partial charge in [-0.05, 0) is 43.2 Å². The van der Waals surface area contributed by atoms with Crippen molar-refractivity contribution in [2.75, 3.05) is 29.5 Å². The lowest BCUT2D eigenvalue weighted by molar-refractivity contribution is -0.113. The highest BCUT2D eigenvalue weighted by atomic mass is 32.2. The molecule has 0 bridgehead atoms. The van der Waals surface area contributed by atoms with Crippen molar-refractivity contribution in [1.29, 1.82) is 0 Å². The summed E-state index contributed by atoms with van der Waals surface area (Å²) in [5, 5.41) is 14.7. The number of anilines is 3. The van der Waals surface area contributed by atoms with Crippen LogP contribution in [0.3, 0.4) is 0 Å². The highest BCUT2D eigenvalue weighted by Crippen LogP contribution is 2.28. The van der Waals surface area contributed by atoms with Crippen LogP contribution in [0.5, 0.6) is 0 Å². The summed E-state index contributed by atoms with van der Waals surface area (Å²) < 4.78 is 27.6. The maximum Gasteiger partial charge on any atom is 0.243 e. The minimum absolute atomic E-state index is 0.142. The van der Waals surface area contributed by atoms with Crippen LogP contribution in [0.1, 0.15) is 12.8 Å². The molecule has 0 saturated carbocycles. The molecule has 1 amide bonds. The Morgan fingerprint density at radius 3 is 2.55 bits per heavy atom. The zero-order valence-electron chi connectivity index (χ0n) is 16.5. The largest absolute Gasteiger partial charge is 0.330 e. The van der Waals surface area contributed by atoms with Gasteiger partial charge >= 0.3 is 0 Å². The molecule has 0 radical (unpaired) electrons. The Labute approximate surface area is 189 Å². The molecule has 4 rings (SSSR count). The van der Waals surface area contributed by atoms with Gasteiger partial charge in [0.25, 0.3) is 0 Å². The summed E-state index contributed by atoms with van der Waals surface area (Å²) in [5.74, 6) is -0.100. The fourth-order valence-electron chi connectivity index (χ4n) is 3.10. The Bertz CT molecular complexity index is 1150. The predicted molar refractivity (Wildman–Crippen MR) is 123 cm³/mol. The van der Waals surface area contributed by atoms with E-state index in [-0.39, 0.29) is 16.6 Å². The number of rotatable bonds is 8. The van der Waals surface area contributed by atoms with E-state index in [9.17, 15) is 13.2 Å². The van der Waals surface area contributed by atoms with Crippen molar-refractivity contribution in [2.24, 2.45) is 0 Å². The summed E-state index contributed by atoms with van der Waals surface area (Å²) in [5.41, 5.74) is 1.37. The van der Waals surface area contributed by atoms with Gasteiger partial charge in [-0.3, -0.25) is 4.79 Å². The molecule has 1 saturated heterocycles. The van der Waals surface area contributed by atoms with E-state index in [1.807, 2.05) is 30.3 Å². The summed E-state index contributed by atoms with van der Waals surface area (Å²) in [6.45, 7) is 1.08. The number of thioether (sulfide) groups is 1. The SMILES string of the molecule is O=C(CSc1nnc(Nc2ccccc2)s1)Nc1cccc(S(=O)(=O)N2CCCC2)c1. The molecule has 0 aliphatic carbocycles. The lowest BCUT2D eigenvalue weighted by Gasteiger charge is -2.16. The number of para-hydroxylation sites is 1. The molecule has 3 aromatic rings. The molecule has 2 aromatic carbocycles. The van der Waals surface area contributed by atoms with Crippen LogP contribution in [0.25, 0.3) is 0 Å². The Balaban J connectivity index is 1.32. The average molecular weight is 476 g/mol. The van der Waals surface area contributed by atoms with Gasteiger partial charge in [0.15, 0.2) is 4.34 Å². The Morgan fingerprint density at radius 1 is 1.03 bits per heavy atom. The number of sulfonamides is 1. The van der Waals surface area contributed by atoms with E-state index >= 15 is 0 Å². The molecule has 8 nitrogen and oxygen atoms in total. The van der Waals surface area contributed by atoms with E-state index in [2.05, 4.69) is 20.8 Å². The molecule has 1 aliphatic heterocycles. The van der Waals surface area contributed by atoms with Crippen LogP contribution in [0, 0.1) is 0 Å². The second kappa shape index (κ2) is 9.77. The van der Waals surface area contributed by atoms with E-state index in [4.69, 9.17) is 0 Å². The standard InChI is InChI=1S/C20H21N5O3S3/c26-18(14-29-20-24-23-19(30-20)22-15-7-2-1-3-8-15)21-16-9-6-10-17(13-16)31(27,28)25-11-4-5-12-25/h1-3,6-10,13H,4-5,11-12,14H2,(H,21,26)(H,22,23). The molecule has 0 spiro atoms. The Kier molecular flexibility index (Phi) is 6.86. The molecule has 2 N–H and O–H groups in total. The van der Waals surface area contributed by atoms with Gasteiger partial charge in [-0.2, -0.15) is 4.31 Å². The van der Waals surface area contributed by atoms with Crippen LogP contribution in [-0.4, -0.2) is 47.7 Å². The molecular weight excluding hydrogens is 454 g/mol. The quantitative estimate of drug-likeness (QED) is 0.478. The van der Waals surface area contributed by atoms with E-state index in [1.54, 1.807) is 18.2 Å². The molecule has 0 unspecified atom stereocenters. The van der Waals surface area contributed by atoms with Gasteiger partial charge in [-0.1, -0.05) is 47.4 Å². The number of carbonyl (C=O) groups is 1. The minimum atomic E-state index is -3.52. The van der Waals surface area contributed by atoms with Crippen molar-refractivity contribution >= 4 is 55.5 Å². The molecule has 162 valence electrons. The normalized spacial score (nSPS) is 14.5. The zero-order chi connectivity index (χ0) is 21.7. The van der Waals surface area contributed by atoms with Gasteiger partial charge in [0.1, 0.15) is 0 Å². The van der Waals surface area contributed by atoms with Crippen molar-refractivity contribution in [3.8, 4) is 0 Å². The molecule has 1 fully saturated rings. The van der Waals surface area contributed by atoms with Crippen LogP contribution in [0.2, 0.25) is 0 Å². The maximum atomic E-state index is 12.7. The summed E-state index contributed by atoms with van der Waals surface area (Å²) in [6, 6.07) is 16.0. The van der Waals surface area contributed by atoms with Crippen molar-refractivity contribution in [1.82, 2.24) is 14.5 Å². The second-order valence-electron chi connectivity index (χ2n) is 6.84. The number of hydrogen-bond donors (Lipinski definition) is 2. The van der Waals surface area contributed by atoms with E-state index in [0.29, 0.717) is 28.2 Å². The Morgan fingerprint density at radius 2 is 1.77 bits per heavy atom. The molecule has 2 heterocycles. The summed E-state index contributed by atoms with van der Waals surface area (Å²) in [7, 11) is -3.52. The van der Waals surface area contributed by atoms with Crippen LogP contribution in [0.15, 0.2) is 63.8 Å². The second-order valence-corrected chi connectivity index (χ2v) is 11.0. The highest BCUT2D eigenvalue weighted by Gasteiger charge is 2.27. The molecule has 0 atom stereocenters. The zero-order valence-corrected chi connectivity index (χ0v) is 19.0. The van der Waals surface area contributed by atoms with Gasteiger partial charge < -0.3 is 10.6 Å². The fraction of sp³-hybridized carbons (Fsp3) is 0.250. The summed E-state index contributed by atoms with van der Waals surface area (Å²) in [6.07, 6.45) is 1.75. The molecule has 11 heteroatoms. The number of nitrogens with zero attached hydrogens (tertiary/aromatic N) is 3. The maximum absolute atomic E-state index is 12.7. The van der Waals surface area contributed by atoms with Crippen LogP contribution in [0.4, 0.5) is 16.5 Å². The van der Waals surface area contributed by atoms with Crippen molar-refractivity contribution in [2.45, 2.75) is 22.1 Å². The van der Waals surface area contributed by atoms with Crippen molar-refractivity contribution < 1.29 is 13.2 Å². The Hall–Kier alpha value is -2.47. The van der Waals surface area contributed by atoms with Gasteiger partial charge in [-0.25, -0.2) is 8.42 Å². The first-order valence-corrected chi connectivity index (χ1v) is 12.9. The predicted octanol–water partition coefficient (Wildman–Crippen LogP) is 3.80. The lowest BCUT2D eigenvalue weighted by Crippen LogP contribution is -2.28. The van der Waals surface area contributed by atoms with Gasteiger partial charge in [0.05, 0.1) is 10.6 Å². The smallest absolute Gasteiger partial charge is 0.243 e. The van der Waals surface area contributed by atoms with Gasteiger partial charge in [-0.15, -0.1) is 10.2 Å². The fourth-order valence-corrected chi connectivity index (χ4v) is 6.24. The van der Waals surface area contributed by atoms with Gasteiger partial charge in [0.2, 0.25) is 21.1 Å². The number of aromatic nitrogens is 2. The third-order valence-corrected chi connectivity index (χ3v) is 8.45. The number of nitrogens with one attached hydrogen (secondary N) is 2.